The minimum atomic E-state index is -0.767. The van der Waals surface area contributed by atoms with Crippen molar-refractivity contribution in [2.45, 2.75) is 19.4 Å². The van der Waals surface area contributed by atoms with E-state index >= 15 is 0 Å². The van der Waals surface area contributed by atoms with Gasteiger partial charge in [0.1, 0.15) is 6.04 Å². The van der Waals surface area contributed by atoms with Crippen LogP contribution < -0.4 is 10.6 Å². The van der Waals surface area contributed by atoms with E-state index in [4.69, 9.17) is 0 Å². The largest absolute Gasteiger partial charge is 0.326 e. The summed E-state index contributed by atoms with van der Waals surface area (Å²) in [6.45, 7) is 1.48. The van der Waals surface area contributed by atoms with Crippen molar-refractivity contribution >= 4 is 29.2 Å². The fourth-order valence-corrected chi connectivity index (χ4v) is 2.99. The Morgan fingerprint density at radius 3 is 2.50 bits per heavy atom. The minimum Gasteiger partial charge on any atom is -0.326 e. The summed E-state index contributed by atoms with van der Waals surface area (Å²) in [5.74, 6) is 0.110. The quantitative estimate of drug-likeness (QED) is 0.667. The third-order valence-electron chi connectivity index (χ3n) is 4.45. The molecule has 0 fully saturated rings. The SMILES string of the molecule is CC(=O)c1ccc(NC(=O)C[C@@H]2C(=O)Nc3nc(-c4ccccc4)nn32)cc1. The van der Waals surface area contributed by atoms with Crippen LogP contribution in [0.4, 0.5) is 11.6 Å². The minimum absolute atomic E-state index is 0.0477. The number of nitrogens with one attached hydrogen (secondary N) is 2. The molecule has 0 saturated heterocycles. The predicted molar refractivity (Wildman–Crippen MR) is 103 cm³/mol. The molecule has 0 aliphatic carbocycles. The van der Waals surface area contributed by atoms with Crippen LogP contribution in [0.3, 0.4) is 0 Å². The highest BCUT2D eigenvalue weighted by Crippen LogP contribution is 2.28. The first-order valence-corrected chi connectivity index (χ1v) is 8.75. The Bertz CT molecular complexity index is 1060. The number of nitrogens with zero attached hydrogens (tertiary/aromatic N) is 3. The van der Waals surface area contributed by atoms with Crippen LogP contribution in [0.1, 0.15) is 29.7 Å². The summed E-state index contributed by atoms with van der Waals surface area (Å²) in [6.07, 6.45) is -0.0785. The lowest BCUT2D eigenvalue weighted by atomic mass is 10.1. The molecule has 8 heteroatoms. The average Bonchev–Trinajstić information content (AvgIpc) is 3.22. The Labute approximate surface area is 160 Å². The maximum absolute atomic E-state index is 12.4. The van der Waals surface area contributed by atoms with E-state index in [1.54, 1.807) is 24.3 Å². The van der Waals surface area contributed by atoms with Crippen LogP contribution in [0.5, 0.6) is 0 Å². The van der Waals surface area contributed by atoms with Crippen LogP contribution in [0, 0.1) is 0 Å². The smallest absolute Gasteiger partial charge is 0.252 e. The molecule has 2 aromatic carbocycles. The molecular weight excluding hydrogens is 358 g/mol. The summed E-state index contributed by atoms with van der Waals surface area (Å²) >= 11 is 0. The highest BCUT2D eigenvalue weighted by Gasteiger charge is 2.35. The number of amides is 2. The third kappa shape index (κ3) is 3.39. The van der Waals surface area contributed by atoms with Gasteiger partial charge in [-0.3, -0.25) is 19.7 Å². The molecule has 0 radical (unpaired) electrons. The highest BCUT2D eigenvalue weighted by atomic mass is 16.2. The number of ketones is 1. The maximum atomic E-state index is 12.4. The summed E-state index contributed by atoms with van der Waals surface area (Å²) in [5, 5.41) is 9.78. The normalized spacial score (nSPS) is 15.0. The summed E-state index contributed by atoms with van der Waals surface area (Å²) in [7, 11) is 0. The zero-order valence-electron chi connectivity index (χ0n) is 15.0. The fraction of sp³-hybridized carbons (Fsp3) is 0.150. The number of carbonyl (C=O) groups excluding carboxylic acids is 3. The van der Waals surface area contributed by atoms with Gasteiger partial charge in [-0.15, -0.1) is 5.10 Å². The summed E-state index contributed by atoms with van der Waals surface area (Å²) in [4.78, 5) is 40.3. The lowest BCUT2D eigenvalue weighted by molar-refractivity contribution is -0.123. The second kappa shape index (κ2) is 7.07. The lowest BCUT2D eigenvalue weighted by Crippen LogP contribution is -2.23. The Kier molecular flexibility index (Phi) is 4.44. The van der Waals surface area contributed by atoms with E-state index in [0.29, 0.717) is 23.0 Å². The molecular formula is C20H17N5O3. The topological polar surface area (TPSA) is 106 Å². The monoisotopic (exact) mass is 375 g/mol. The van der Waals surface area contributed by atoms with E-state index in [-0.39, 0.29) is 24.0 Å². The zero-order chi connectivity index (χ0) is 19.7. The van der Waals surface area contributed by atoms with Gasteiger partial charge in [0.25, 0.3) is 5.91 Å². The van der Waals surface area contributed by atoms with Gasteiger partial charge in [-0.1, -0.05) is 30.3 Å². The first-order chi connectivity index (χ1) is 13.5. The number of hydrogen-bond donors (Lipinski definition) is 2. The highest BCUT2D eigenvalue weighted by molar-refractivity contribution is 6.01. The van der Waals surface area contributed by atoms with Crippen LogP contribution >= 0.6 is 0 Å². The number of benzene rings is 2. The molecule has 0 bridgehead atoms. The van der Waals surface area contributed by atoms with E-state index in [0.717, 1.165) is 5.56 Å². The second-order valence-electron chi connectivity index (χ2n) is 6.46. The lowest BCUT2D eigenvalue weighted by Gasteiger charge is -2.10. The van der Waals surface area contributed by atoms with E-state index in [2.05, 4.69) is 20.7 Å². The summed E-state index contributed by atoms with van der Waals surface area (Å²) < 4.78 is 1.45. The van der Waals surface area contributed by atoms with Crippen molar-refractivity contribution in [2.75, 3.05) is 10.6 Å². The van der Waals surface area contributed by atoms with Gasteiger partial charge >= 0.3 is 0 Å². The van der Waals surface area contributed by atoms with Crippen molar-refractivity contribution in [1.29, 1.82) is 0 Å². The van der Waals surface area contributed by atoms with Gasteiger partial charge in [-0.25, -0.2) is 4.68 Å². The molecule has 8 nitrogen and oxygen atoms in total. The molecule has 1 aromatic heterocycles. The first kappa shape index (κ1) is 17.6. The van der Waals surface area contributed by atoms with Gasteiger partial charge in [0.2, 0.25) is 11.9 Å². The Morgan fingerprint density at radius 2 is 1.82 bits per heavy atom. The van der Waals surface area contributed by atoms with Gasteiger partial charge in [0, 0.05) is 16.8 Å². The van der Waals surface area contributed by atoms with E-state index < -0.39 is 6.04 Å². The Balaban J connectivity index is 1.48. The maximum Gasteiger partial charge on any atom is 0.252 e. The summed E-state index contributed by atoms with van der Waals surface area (Å²) in [5.41, 5.74) is 1.94. The standard InChI is InChI=1S/C20H17N5O3/c1-12(26)13-7-9-15(10-8-13)21-17(27)11-16-19(28)23-20-22-18(24-25(16)20)14-5-3-2-4-6-14/h2-10,16H,11H2,1H3,(H,21,27)(H,22,23,24,28)/t16-/m1/s1. The molecule has 3 aromatic rings. The van der Waals surface area contributed by atoms with Gasteiger partial charge < -0.3 is 5.32 Å². The van der Waals surface area contributed by atoms with E-state index in [9.17, 15) is 14.4 Å². The summed E-state index contributed by atoms with van der Waals surface area (Å²) in [6, 6.07) is 15.2. The number of carbonyl (C=O) groups is 3. The molecule has 1 aliphatic heterocycles. The van der Waals surface area contributed by atoms with Crippen LogP contribution in [0.15, 0.2) is 54.6 Å². The number of Topliss-reactive ketones (excluding diaryl/α,β-unsaturated/α-hetero) is 1. The molecule has 4 rings (SSSR count). The molecule has 140 valence electrons. The molecule has 1 atom stereocenters. The molecule has 0 unspecified atom stereocenters. The van der Waals surface area contributed by atoms with Crippen molar-refractivity contribution in [2.24, 2.45) is 0 Å². The van der Waals surface area contributed by atoms with Crippen molar-refractivity contribution in [3.8, 4) is 11.4 Å². The van der Waals surface area contributed by atoms with E-state index in [1.165, 1.54) is 11.6 Å². The van der Waals surface area contributed by atoms with Crippen LogP contribution in [-0.2, 0) is 9.59 Å². The average molecular weight is 375 g/mol. The van der Waals surface area contributed by atoms with Gasteiger partial charge in [0.15, 0.2) is 11.6 Å². The number of rotatable bonds is 5. The van der Waals surface area contributed by atoms with Gasteiger partial charge in [0.05, 0.1) is 6.42 Å². The molecule has 2 heterocycles. The van der Waals surface area contributed by atoms with Crippen LogP contribution in [0.2, 0.25) is 0 Å². The van der Waals surface area contributed by atoms with Gasteiger partial charge in [-0.05, 0) is 31.2 Å². The fourth-order valence-electron chi connectivity index (χ4n) is 2.99. The second-order valence-corrected chi connectivity index (χ2v) is 6.46. The van der Waals surface area contributed by atoms with Crippen LogP contribution in [0.25, 0.3) is 11.4 Å². The molecule has 0 saturated carbocycles. The molecule has 2 N–H and O–H groups in total. The molecule has 2 amide bonds. The first-order valence-electron chi connectivity index (χ1n) is 8.75. The molecule has 1 aliphatic rings. The zero-order valence-corrected chi connectivity index (χ0v) is 15.0. The van der Waals surface area contributed by atoms with Crippen molar-refractivity contribution in [3.63, 3.8) is 0 Å². The predicted octanol–water partition coefficient (Wildman–Crippen LogP) is 2.67. The molecule has 28 heavy (non-hydrogen) atoms. The van der Waals surface area contributed by atoms with Crippen molar-refractivity contribution in [3.05, 3.63) is 60.2 Å². The Hall–Kier alpha value is -3.81. The van der Waals surface area contributed by atoms with Gasteiger partial charge in [-0.2, -0.15) is 4.98 Å². The van der Waals surface area contributed by atoms with Crippen molar-refractivity contribution < 1.29 is 14.4 Å². The number of fused-ring (bicyclic) bond motifs is 1. The van der Waals surface area contributed by atoms with E-state index in [1.807, 2.05) is 30.3 Å². The van der Waals surface area contributed by atoms with Crippen LogP contribution in [-0.4, -0.2) is 32.4 Å². The molecule has 0 spiro atoms. The number of aromatic nitrogens is 3. The van der Waals surface area contributed by atoms with Crippen molar-refractivity contribution in [1.82, 2.24) is 14.8 Å². The third-order valence-corrected chi connectivity index (χ3v) is 4.45. The number of hydrogen-bond acceptors (Lipinski definition) is 5. The number of anilines is 2. The Morgan fingerprint density at radius 1 is 1.11 bits per heavy atom.